The summed E-state index contributed by atoms with van der Waals surface area (Å²) in [6, 6.07) is 8.52. The summed E-state index contributed by atoms with van der Waals surface area (Å²) in [6.07, 6.45) is 4.03. The molecular formula is C16H24N4O. The summed E-state index contributed by atoms with van der Waals surface area (Å²) < 4.78 is 7.63. The van der Waals surface area contributed by atoms with E-state index >= 15 is 0 Å². The Morgan fingerprint density at radius 1 is 1.29 bits per heavy atom. The Balaban J connectivity index is 2.08. The molecule has 0 saturated carbocycles. The average molecular weight is 288 g/mol. The van der Waals surface area contributed by atoms with Crippen molar-refractivity contribution in [1.29, 1.82) is 0 Å². The van der Waals surface area contributed by atoms with Gasteiger partial charge in [-0.1, -0.05) is 37.3 Å². The zero-order valence-corrected chi connectivity index (χ0v) is 13.0. The van der Waals surface area contributed by atoms with Gasteiger partial charge in [-0.25, -0.2) is 0 Å². The van der Waals surface area contributed by atoms with Crippen LogP contribution in [0.4, 0.5) is 0 Å². The van der Waals surface area contributed by atoms with Gasteiger partial charge in [0.05, 0.1) is 6.20 Å². The van der Waals surface area contributed by atoms with Gasteiger partial charge in [0.25, 0.3) is 0 Å². The first-order chi connectivity index (χ1) is 10.2. The molecule has 0 spiro atoms. The highest BCUT2D eigenvalue weighted by molar-refractivity contribution is 5.36. The van der Waals surface area contributed by atoms with Crippen LogP contribution in [0.2, 0.25) is 0 Å². The van der Waals surface area contributed by atoms with Gasteiger partial charge in [0.1, 0.15) is 18.1 Å². The van der Waals surface area contributed by atoms with Gasteiger partial charge in [-0.05, 0) is 25.5 Å². The topological polar surface area (TPSA) is 52.0 Å². The van der Waals surface area contributed by atoms with Crippen molar-refractivity contribution < 1.29 is 4.74 Å². The smallest absolute Gasteiger partial charge is 0.134 e. The minimum Gasteiger partial charge on any atom is -0.487 e. The fourth-order valence-electron chi connectivity index (χ4n) is 2.31. The van der Waals surface area contributed by atoms with Gasteiger partial charge in [0.15, 0.2) is 0 Å². The predicted octanol–water partition coefficient (Wildman–Crippen LogP) is 2.84. The van der Waals surface area contributed by atoms with Crippen molar-refractivity contribution in [2.75, 3.05) is 6.54 Å². The van der Waals surface area contributed by atoms with Gasteiger partial charge < -0.3 is 10.1 Å². The molecule has 0 amide bonds. The van der Waals surface area contributed by atoms with Gasteiger partial charge in [-0.3, -0.25) is 4.68 Å². The fraction of sp³-hybridized carbons (Fsp3) is 0.500. The third-order valence-corrected chi connectivity index (χ3v) is 3.37. The van der Waals surface area contributed by atoms with Crippen LogP contribution in [0.1, 0.15) is 44.0 Å². The van der Waals surface area contributed by atoms with Crippen LogP contribution in [0, 0.1) is 0 Å². The second-order valence-corrected chi connectivity index (χ2v) is 5.13. The molecular weight excluding hydrogens is 264 g/mol. The standard InChI is InChI=1S/C16H24N4O/c1-4-10-17-15(5-2)14-8-6-7-9-16(14)21-12-13-11-20(3)19-18-13/h6-9,11,15,17H,4-5,10,12H2,1-3H3. The van der Waals surface area contributed by atoms with Crippen LogP contribution >= 0.6 is 0 Å². The van der Waals surface area contributed by atoms with E-state index in [9.17, 15) is 0 Å². The Bertz CT molecular complexity index is 553. The van der Waals surface area contributed by atoms with E-state index in [-0.39, 0.29) is 0 Å². The molecule has 114 valence electrons. The van der Waals surface area contributed by atoms with Gasteiger partial charge in [0.2, 0.25) is 0 Å². The molecule has 1 atom stereocenters. The molecule has 0 saturated heterocycles. The molecule has 0 aliphatic carbocycles. The van der Waals surface area contributed by atoms with Crippen molar-refractivity contribution in [3.05, 3.63) is 41.7 Å². The van der Waals surface area contributed by atoms with Gasteiger partial charge in [-0.15, -0.1) is 5.10 Å². The van der Waals surface area contributed by atoms with Crippen LogP contribution < -0.4 is 10.1 Å². The van der Waals surface area contributed by atoms with E-state index in [0.717, 1.165) is 30.8 Å². The SMILES string of the molecule is CCCNC(CC)c1ccccc1OCc1cn(C)nn1. The van der Waals surface area contributed by atoms with Crippen molar-refractivity contribution in [2.45, 2.75) is 39.3 Å². The molecule has 1 unspecified atom stereocenters. The normalized spacial score (nSPS) is 12.3. The Morgan fingerprint density at radius 2 is 2.10 bits per heavy atom. The van der Waals surface area contributed by atoms with Crippen molar-refractivity contribution >= 4 is 0 Å². The zero-order valence-electron chi connectivity index (χ0n) is 13.0. The highest BCUT2D eigenvalue weighted by atomic mass is 16.5. The summed E-state index contributed by atoms with van der Waals surface area (Å²) in [5, 5.41) is 11.5. The molecule has 5 nitrogen and oxygen atoms in total. The van der Waals surface area contributed by atoms with E-state index in [1.807, 2.05) is 25.4 Å². The monoisotopic (exact) mass is 288 g/mol. The zero-order chi connectivity index (χ0) is 15.1. The Kier molecular flexibility index (Phi) is 5.75. The second-order valence-electron chi connectivity index (χ2n) is 5.13. The average Bonchev–Trinajstić information content (AvgIpc) is 2.92. The third-order valence-electron chi connectivity index (χ3n) is 3.37. The van der Waals surface area contributed by atoms with Crippen LogP contribution in [-0.2, 0) is 13.7 Å². The summed E-state index contributed by atoms with van der Waals surface area (Å²) in [5.74, 6) is 0.915. The van der Waals surface area contributed by atoms with Crippen LogP contribution in [-0.4, -0.2) is 21.5 Å². The molecule has 0 fully saturated rings. The number of hydrogen-bond donors (Lipinski definition) is 1. The molecule has 5 heteroatoms. The van der Waals surface area contributed by atoms with Crippen molar-refractivity contribution in [3.8, 4) is 5.75 Å². The first-order valence-electron chi connectivity index (χ1n) is 7.54. The van der Waals surface area contributed by atoms with Crippen LogP contribution in [0.15, 0.2) is 30.5 Å². The van der Waals surface area contributed by atoms with E-state index in [2.05, 4.69) is 41.6 Å². The van der Waals surface area contributed by atoms with Crippen LogP contribution in [0.25, 0.3) is 0 Å². The lowest BCUT2D eigenvalue weighted by atomic mass is 10.0. The Morgan fingerprint density at radius 3 is 2.76 bits per heavy atom. The van der Waals surface area contributed by atoms with E-state index < -0.39 is 0 Å². The number of hydrogen-bond acceptors (Lipinski definition) is 4. The lowest BCUT2D eigenvalue weighted by Crippen LogP contribution is -2.22. The molecule has 1 aromatic heterocycles. The minimum absolute atomic E-state index is 0.322. The first kappa shape index (κ1) is 15.5. The van der Waals surface area contributed by atoms with E-state index in [1.165, 1.54) is 5.56 Å². The maximum atomic E-state index is 5.94. The second kappa shape index (κ2) is 7.78. The molecule has 0 aliphatic heterocycles. The molecule has 1 aromatic carbocycles. The predicted molar refractivity (Wildman–Crippen MR) is 83.1 cm³/mol. The van der Waals surface area contributed by atoms with Crippen LogP contribution in [0.5, 0.6) is 5.75 Å². The molecule has 2 aromatic rings. The maximum Gasteiger partial charge on any atom is 0.134 e. The summed E-state index contributed by atoms with van der Waals surface area (Å²) >= 11 is 0. The minimum atomic E-state index is 0.322. The molecule has 1 N–H and O–H groups in total. The summed E-state index contributed by atoms with van der Waals surface area (Å²) in [6.45, 7) is 5.81. The number of rotatable bonds is 8. The number of nitrogens with one attached hydrogen (secondary N) is 1. The highest BCUT2D eigenvalue weighted by Crippen LogP contribution is 2.27. The van der Waals surface area contributed by atoms with E-state index in [4.69, 9.17) is 4.74 Å². The lowest BCUT2D eigenvalue weighted by molar-refractivity contribution is 0.293. The van der Waals surface area contributed by atoms with E-state index in [1.54, 1.807) is 4.68 Å². The largest absolute Gasteiger partial charge is 0.487 e. The molecule has 1 heterocycles. The summed E-state index contributed by atoms with van der Waals surface area (Å²) in [7, 11) is 1.85. The Labute approximate surface area is 126 Å². The molecule has 0 aliphatic rings. The number of para-hydroxylation sites is 1. The highest BCUT2D eigenvalue weighted by Gasteiger charge is 2.13. The van der Waals surface area contributed by atoms with Gasteiger partial charge >= 0.3 is 0 Å². The van der Waals surface area contributed by atoms with Crippen molar-refractivity contribution in [3.63, 3.8) is 0 Å². The molecule has 0 radical (unpaired) electrons. The summed E-state index contributed by atoms with van der Waals surface area (Å²) in [4.78, 5) is 0. The quantitative estimate of drug-likeness (QED) is 0.811. The molecule has 21 heavy (non-hydrogen) atoms. The first-order valence-corrected chi connectivity index (χ1v) is 7.54. The summed E-state index contributed by atoms with van der Waals surface area (Å²) in [5.41, 5.74) is 2.04. The number of ether oxygens (including phenoxy) is 1. The number of benzene rings is 1. The van der Waals surface area contributed by atoms with E-state index in [0.29, 0.717) is 12.6 Å². The maximum absolute atomic E-state index is 5.94. The Hall–Kier alpha value is -1.88. The lowest BCUT2D eigenvalue weighted by Gasteiger charge is -2.20. The van der Waals surface area contributed by atoms with Gasteiger partial charge in [0, 0.05) is 18.7 Å². The third kappa shape index (κ3) is 4.29. The number of aromatic nitrogens is 3. The number of aryl methyl sites for hydroxylation is 1. The van der Waals surface area contributed by atoms with Crippen LogP contribution in [0.3, 0.4) is 0 Å². The fourth-order valence-corrected chi connectivity index (χ4v) is 2.31. The molecule has 2 rings (SSSR count). The molecule has 0 bridgehead atoms. The van der Waals surface area contributed by atoms with Gasteiger partial charge in [-0.2, -0.15) is 0 Å². The van der Waals surface area contributed by atoms with Crippen molar-refractivity contribution in [1.82, 2.24) is 20.3 Å². The van der Waals surface area contributed by atoms with Crippen molar-refractivity contribution in [2.24, 2.45) is 7.05 Å². The number of nitrogens with zero attached hydrogens (tertiary/aromatic N) is 3.